The van der Waals surface area contributed by atoms with Crippen LogP contribution in [0.4, 0.5) is 10.1 Å². The van der Waals surface area contributed by atoms with E-state index in [9.17, 15) is 9.18 Å². The molecule has 1 aliphatic rings. The Bertz CT molecular complexity index is 441. The van der Waals surface area contributed by atoms with Gasteiger partial charge < -0.3 is 10.6 Å². The zero-order valence-corrected chi connectivity index (χ0v) is 10.7. The number of halogens is 1. The topological polar surface area (TPSA) is 46.3 Å². The molecular formula is C14H19FN2O. The summed E-state index contributed by atoms with van der Waals surface area (Å²) in [7, 11) is 1.60. The van der Waals surface area contributed by atoms with E-state index < -0.39 is 5.54 Å². The highest BCUT2D eigenvalue weighted by Gasteiger charge is 2.33. The SMILES string of the molecule is CN(C(=O)CC1(N)CCCC1)c1ccccc1F. The average molecular weight is 250 g/mol. The first kappa shape index (κ1) is 13.0. The molecule has 0 aromatic heterocycles. The molecule has 1 aromatic rings. The van der Waals surface area contributed by atoms with Crippen LogP contribution < -0.4 is 10.6 Å². The van der Waals surface area contributed by atoms with Gasteiger partial charge in [0, 0.05) is 19.0 Å². The maximum atomic E-state index is 13.6. The van der Waals surface area contributed by atoms with Crippen molar-refractivity contribution in [1.29, 1.82) is 0 Å². The average Bonchev–Trinajstić information content (AvgIpc) is 2.75. The van der Waals surface area contributed by atoms with Gasteiger partial charge in [0.1, 0.15) is 5.82 Å². The molecule has 0 heterocycles. The number of carbonyl (C=O) groups excluding carboxylic acids is 1. The summed E-state index contributed by atoms with van der Waals surface area (Å²) in [6.07, 6.45) is 4.20. The Kier molecular flexibility index (Phi) is 3.66. The second-order valence-electron chi connectivity index (χ2n) is 5.15. The van der Waals surface area contributed by atoms with Crippen LogP contribution in [0.15, 0.2) is 24.3 Å². The summed E-state index contributed by atoms with van der Waals surface area (Å²) in [6.45, 7) is 0. The molecule has 0 spiro atoms. The highest BCUT2D eigenvalue weighted by molar-refractivity contribution is 5.93. The van der Waals surface area contributed by atoms with Gasteiger partial charge in [-0.3, -0.25) is 4.79 Å². The predicted molar refractivity (Wildman–Crippen MR) is 69.8 cm³/mol. The van der Waals surface area contributed by atoms with Crippen LogP contribution in [0.1, 0.15) is 32.1 Å². The first-order valence-electron chi connectivity index (χ1n) is 6.32. The second kappa shape index (κ2) is 5.06. The number of nitrogens with two attached hydrogens (primary N) is 1. The maximum Gasteiger partial charge on any atom is 0.228 e. The Morgan fingerprint density at radius 2 is 2.00 bits per heavy atom. The number of amides is 1. The first-order valence-corrected chi connectivity index (χ1v) is 6.32. The molecule has 0 saturated heterocycles. The van der Waals surface area contributed by atoms with Gasteiger partial charge in [-0.15, -0.1) is 0 Å². The van der Waals surface area contributed by atoms with Crippen LogP contribution >= 0.6 is 0 Å². The predicted octanol–water partition coefficient (Wildman–Crippen LogP) is 2.45. The van der Waals surface area contributed by atoms with Crippen LogP contribution in [-0.4, -0.2) is 18.5 Å². The van der Waals surface area contributed by atoms with Crippen LogP contribution in [0, 0.1) is 5.82 Å². The normalized spacial score (nSPS) is 17.7. The molecule has 0 aliphatic heterocycles. The minimum absolute atomic E-state index is 0.121. The Morgan fingerprint density at radius 1 is 1.39 bits per heavy atom. The maximum absolute atomic E-state index is 13.6. The lowest BCUT2D eigenvalue weighted by Crippen LogP contribution is -2.42. The van der Waals surface area contributed by atoms with Crippen molar-refractivity contribution in [1.82, 2.24) is 0 Å². The third kappa shape index (κ3) is 2.70. The first-order chi connectivity index (χ1) is 8.52. The smallest absolute Gasteiger partial charge is 0.228 e. The Balaban J connectivity index is 2.07. The monoisotopic (exact) mass is 250 g/mol. The van der Waals surface area contributed by atoms with E-state index >= 15 is 0 Å². The number of rotatable bonds is 3. The lowest BCUT2D eigenvalue weighted by atomic mass is 9.94. The number of nitrogens with zero attached hydrogens (tertiary/aromatic N) is 1. The molecule has 0 unspecified atom stereocenters. The number of hydrogen-bond acceptors (Lipinski definition) is 2. The lowest BCUT2D eigenvalue weighted by Gasteiger charge is -2.26. The number of anilines is 1. The van der Waals surface area contributed by atoms with E-state index in [0.717, 1.165) is 25.7 Å². The van der Waals surface area contributed by atoms with Crippen molar-refractivity contribution < 1.29 is 9.18 Å². The van der Waals surface area contributed by atoms with Gasteiger partial charge in [-0.05, 0) is 25.0 Å². The molecule has 0 atom stereocenters. The van der Waals surface area contributed by atoms with Gasteiger partial charge in [0.05, 0.1) is 5.69 Å². The van der Waals surface area contributed by atoms with Crippen molar-refractivity contribution >= 4 is 11.6 Å². The van der Waals surface area contributed by atoms with Gasteiger partial charge in [0.25, 0.3) is 0 Å². The fourth-order valence-corrected chi connectivity index (χ4v) is 2.53. The molecule has 2 N–H and O–H groups in total. The molecule has 98 valence electrons. The summed E-state index contributed by atoms with van der Waals surface area (Å²) in [5.41, 5.74) is 6.09. The van der Waals surface area contributed by atoms with Crippen LogP contribution in [0.3, 0.4) is 0 Å². The summed E-state index contributed by atoms with van der Waals surface area (Å²) >= 11 is 0. The molecule has 1 fully saturated rings. The van der Waals surface area contributed by atoms with Gasteiger partial charge in [0.2, 0.25) is 5.91 Å². The van der Waals surface area contributed by atoms with Crippen LogP contribution in [-0.2, 0) is 4.79 Å². The number of para-hydroxylation sites is 1. The third-order valence-electron chi connectivity index (χ3n) is 3.69. The summed E-state index contributed by atoms with van der Waals surface area (Å²) in [5.74, 6) is -0.504. The molecule has 3 nitrogen and oxygen atoms in total. The summed E-state index contributed by atoms with van der Waals surface area (Å²) in [4.78, 5) is 13.5. The summed E-state index contributed by atoms with van der Waals surface area (Å²) in [6, 6.07) is 6.28. The molecule has 1 aromatic carbocycles. The molecular weight excluding hydrogens is 231 g/mol. The van der Waals surface area contributed by atoms with Gasteiger partial charge in [0.15, 0.2) is 0 Å². The van der Waals surface area contributed by atoms with Crippen molar-refractivity contribution in [3.63, 3.8) is 0 Å². The van der Waals surface area contributed by atoms with E-state index in [-0.39, 0.29) is 18.1 Å². The minimum atomic E-state index is -0.392. The van der Waals surface area contributed by atoms with Crippen LogP contribution in [0.5, 0.6) is 0 Å². The quantitative estimate of drug-likeness (QED) is 0.895. The van der Waals surface area contributed by atoms with E-state index in [1.165, 1.54) is 11.0 Å². The largest absolute Gasteiger partial charge is 0.325 e. The molecule has 0 radical (unpaired) electrons. The molecule has 18 heavy (non-hydrogen) atoms. The number of hydrogen-bond donors (Lipinski definition) is 1. The van der Waals surface area contributed by atoms with E-state index in [1.54, 1.807) is 25.2 Å². The van der Waals surface area contributed by atoms with Crippen molar-refractivity contribution in [2.45, 2.75) is 37.6 Å². The van der Waals surface area contributed by atoms with E-state index in [2.05, 4.69) is 0 Å². The standard InChI is InChI=1S/C14H19FN2O/c1-17(12-7-3-2-6-11(12)15)13(18)10-14(16)8-4-5-9-14/h2-3,6-7H,4-5,8-10,16H2,1H3. The van der Waals surface area contributed by atoms with Crippen molar-refractivity contribution in [2.24, 2.45) is 5.73 Å². The highest BCUT2D eigenvalue weighted by atomic mass is 19.1. The van der Waals surface area contributed by atoms with Gasteiger partial charge >= 0.3 is 0 Å². The van der Waals surface area contributed by atoms with Gasteiger partial charge in [-0.2, -0.15) is 0 Å². The molecule has 2 rings (SSSR count). The van der Waals surface area contributed by atoms with Crippen molar-refractivity contribution in [3.05, 3.63) is 30.1 Å². The second-order valence-corrected chi connectivity index (χ2v) is 5.15. The van der Waals surface area contributed by atoms with E-state index in [4.69, 9.17) is 5.73 Å². The number of carbonyl (C=O) groups is 1. The molecule has 0 bridgehead atoms. The van der Waals surface area contributed by atoms with E-state index in [1.807, 2.05) is 0 Å². The Labute approximate surface area is 107 Å². The number of benzene rings is 1. The van der Waals surface area contributed by atoms with Crippen LogP contribution in [0.2, 0.25) is 0 Å². The lowest BCUT2D eigenvalue weighted by molar-refractivity contribution is -0.119. The van der Waals surface area contributed by atoms with Crippen molar-refractivity contribution in [2.75, 3.05) is 11.9 Å². The zero-order valence-electron chi connectivity index (χ0n) is 10.7. The minimum Gasteiger partial charge on any atom is -0.325 e. The molecule has 1 amide bonds. The van der Waals surface area contributed by atoms with Gasteiger partial charge in [-0.1, -0.05) is 25.0 Å². The molecule has 4 heteroatoms. The molecule has 1 aliphatic carbocycles. The van der Waals surface area contributed by atoms with Crippen LogP contribution in [0.25, 0.3) is 0 Å². The Hall–Kier alpha value is -1.42. The summed E-state index contributed by atoms with van der Waals surface area (Å²) in [5, 5.41) is 0. The molecule has 1 saturated carbocycles. The van der Waals surface area contributed by atoms with E-state index in [0.29, 0.717) is 5.69 Å². The van der Waals surface area contributed by atoms with Crippen molar-refractivity contribution in [3.8, 4) is 0 Å². The fourth-order valence-electron chi connectivity index (χ4n) is 2.53. The summed E-state index contributed by atoms with van der Waals surface area (Å²) < 4.78 is 13.6. The zero-order chi connectivity index (χ0) is 13.2. The Morgan fingerprint density at radius 3 is 2.61 bits per heavy atom. The third-order valence-corrected chi connectivity index (χ3v) is 3.69. The highest BCUT2D eigenvalue weighted by Crippen LogP contribution is 2.31. The van der Waals surface area contributed by atoms with Gasteiger partial charge in [-0.25, -0.2) is 4.39 Å². The fraction of sp³-hybridized carbons (Fsp3) is 0.500.